The maximum absolute atomic E-state index is 11.4. The molecular formula is C7H10N2O5S. The molecule has 1 heterocycles. The van der Waals surface area contributed by atoms with Crippen molar-refractivity contribution in [3.05, 3.63) is 32.6 Å². The van der Waals surface area contributed by atoms with Crippen LogP contribution in [0.3, 0.4) is 0 Å². The molecule has 15 heavy (non-hydrogen) atoms. The monoisotopic (exact) mass is 234 g/mol. The molecule has 0 aromatic carbocycles. The lowest BCUT2D eigenvalue weighted by atomic mass is 10.2. The van der Waals surface area contributed by atoms with Crippen LogP contribution in [0.5, 0.6) is 0 Å². The topological polar surface area (TPSA) is 109 Å². The number of H-pyrrole nitrogens is 1. The highest BCUT2D eigenvalue weighted by molar-refractivity contribution is 7.84. The summed E-state index contributed by atoms with van der Waals surface area (Å²) in [5, 5.41) is 0. The molecule has 0 fully saturated rings. The van der Waals surface area contributed by atoms with Crippen molar-refractivity contribution in [2.75, 3.05) is 0 Å². The van der Waals surface area contributed by atoms with Crippen LogP contribution in [0.2, 0.25) is 0 Å². The zero-order valence-corrected chi connectivity index (χ0v) is 8.74. The summed E-state index contributed by atoms with van der Waals surface area (Å²) in [5.41, 5.74) is -2.06. The third-order valence-electron chi connectivity index (χ3n) is 1.76. The Bertz CT molecular complexity index is 568. The van der Waals surface area contributed by atoms with Crippen molar-refractivity contribution in [2.45, 2.75) is 19.8 Å². The number of aromatic nitrogens is 2. The molecular weight excluding hydrogens is 224 g/mol. The first-order chi connectivity index (χ1) is 6.88. The minimum absolute atomic E-state index is 0.134. The van der Waals surface area contributed by atoms with Crippen LogP contribution < -0.4 is 11.2 Å². The van der Waals surface area contributed by atoms with Crippen LogP contribution in [0.25, 0.3) is 0 Å². The van der Waals surface area contributed by atoms with Crippen LogP contribution in [0.15, 0.2) is 15.8 Å². The summed E-state index contributed by atoms with van der Waals surface area (Å²) in [6.07, 6.45) is 2.09. The Morgan fingerprint density at radius 2 is 2.07 bits per heavy atom. The molecule has 0 saturated carbocycles. The summed E-state index contributed by atoms with van der Waals surface area (Å²) in [5.74, 6) is 0. The maximum atomic E-state index is 11.4. The summed E-state index contributed by atoms with van der Waals surface area (Å²) >= 11 is 0. The standard InChI is InChI=1S/C7H10N2O5S/c1-2-3-5-4-8-7(11)9(6(5)10)15(12,13)14/h4H,2-3H2,1H3,(H,8,11)(H,12,13,14). The predicted molar refractivity (Wildman–Crippen MR) is 52.3 cm³/mol. The van der Waals surface area contributed by atoms with Gasteiger partial charge in [0.1, 0.15) is 0 Å². The first kappa shape index (κ1) is 11.7. The van der Waals surface area contributed by atoms with Gasteiger partial charge in [0.15, 0.2) is 0 Å². The second-order valence-corrected chi connectivity index (χ2v) is 4.18. The minimum atomic E-state index is -4.84. The van der Waals surface area contributed by atoms with Gasteiger partial charge in [-0.25, -0.2) is 4.79 Å². The fourth-order valence-corrected chi connectivity index (χ4v) is 1.74. The Hall–Kier alpha value is -1.41. The van der Waals surface area contributed by atoms with Crippen molar-refractivity contribution in [1.82, 2.24) is 8.96 Å². The molecule has 84 valence electrons. The quantitative estimate of drug-likeness (QED) is 0.661. The van der Waals surface area contributed by atoms with E-state index in [0.717, 1.165) is 6.20 Å². The lowest BCUT2D eigenvalue weighted by molar-refractivity contribution is 0.467. The molecule has 0 radical (unpaired) electrons. The van der Waals surface area contributed by atoms with Crippen LogP contribution in [-0.2, 0) is 16.7 Å². The van der Waals surface area contributed by atoms with Crippen molar-refractivity contribution >= 4 is 10.3 Å². The van der Waals surface area contributed by atoms with Crippen LogP contribution in [0, 0.1) is 0 Å². The van der Waals surface area contributed by atoms with Crippen LogP contribution >= 0.6 is 0 Å². The summed E-state index contributed by atoms with van der Waals surface area (Å²) < 4.78 is 29.9. The van der Waals surface area contributed by atoms with Crippen molar-refractivity contribution in [3.63, 3.8) is 0 Å². The molecule has 1 aromatic heterocycles. The number of nitrogens with one attached hydrogen (secondary N) is 1. The van der Waals surface area contributed by atoms with E-state index in [0.29, 0.717) is 12.8 Å². The summed E-state index contributed by atoms with van der Waals surface area (Å²) in [6, 6.07) is 0. The second kappa shape index (κ2) is 3.99. The van der Waals surface area contributed by atoms with E-state index in [1.165, 1.54) is 0 Å². The van der Waals surface area contributed by atoms with E-state index < -0.39 is 21.6 Å². The molecule has 0 atom stereocenters. The van der Waals surface area contributed by atoms with Crippen LogP contribution in [0.1, 0.15) is 18.9 Å². The van der Waals surface area contributed by atoms with Gasteiger partial charge in [-0.2, -0.15) is 8.42 Å². The molecule has 0 aliphatic rings. The zero-order chi connectivity index (χ0) is 11.6. The third-order valence-corrected chi connectivity index (χ3v) is 2.56. The van der Waals surface area contributed by atoms with Gasteiger partial charge < -0.3 is 4.98 Å². The fraction of sp³-hybridized carbons (Fsp3) is 0.429. The lowest BCUT2D eigenvalue weighted by Gasteiger charge is -2.02. The van der Waals surface area contributed by atoms with Gasteiger partial charge in [-0.05, 0) is 6.42 Å². The lowest BCUT2D eigenvalue weighted by Crippen LogP contribution is -2.40. The molecule has 0 bridgehead atoms. The molecule has 0 unspecified atom stereocenters. The fourth-order valence-electron chi connectivity index (χ4n) is 1.15. The molecule has 0 spiro atoms. The molecule has 0 amide bonds. The van der Waals surface area contributed by atoms with E-state index in [1.54, 1.807) is 6.92 Å². The predicted octanol–water partition coefficient (Wildman–Crippen LogP) is -0.860. The maximum Gasteiger partial charge on any atom is 0.370 e. The molecule has 1 rings (SSSR count). The SMILES string of the molecule is CCCc1c[nH]c(=O)n(S(=O)(=O)O)c1=O. The van der Waals surface area contributed by atoms with Gasteiger partial charge >= 0.3 is 16.0 Å². The van der Waals surface area contributed by atoms with Gasteiger partial charge in [-0.1, -0.05) is 13.3 Å². The number of hydrogen-bond donors (Lipinski definition) is 2. The van der Waals surface area contributed by atoms with E-state index in [-0.39, 0.29) is 9.54 Å². The van der Waals surface area contributed by atoms with Gasteiger partial charge in [0.05, 0.1) is 0 Å². The van der Waals surface area contributed by atoms with Crippen molar-refractivity contribution in [1.29, 1.82) is 0 Å². The van der Waals surface area contributed by atoms with E-state index in [9.17, 15) is 18.0 Å². The van der Waals surface area contributed by atoms with E-state index >= 15 is 0 Å². The van der Waals surface area contributed by atoms with E-state index in [2.05, 4.69) is 4.98 Å². The first-order valence-corrected chi connectivity index (χ1v) is 5.59. The Morgan fingerprint density at radius 3 is 2.53 bits per heavy atom. The van der Waals surface area contributed by atoms with Crippen molar-refractivity contribution < 1.29 is 13.0 Å². The van der Waals surface area contributed by atoms with Gasteiger partial charge in [0.2, 0.25) is 0 Å². The number of aromatic amines is 1. The van der Waals surface area contributed by atoms with E-state index in [1.807, 2.05) is 0 Å². The number of rotatable bonds is 3. The molecule has 7 nitrogen and oxygen atoms in total. The summed E-state index contributed by atoms with van der Waals surface area (Å²) in [6.45, 7) is 1.79. The van der Waals surface area contributed by atoms with Gasteiger partial charge in [-0.3, -0.25) is 9.35 Å². The Morgan fingerprint density at radius 1 is 1.47 bits per heavy atom. The third kappa shape index (κ3) is 2.34. The number of aryl methyl sites for hydroxylation is 1. The first-order valence-electron chi connectivity index (χ1n) is 4.19. The van der Waals surface area contributed by atoms with Crippen LogP contribution in [-0.4, -0.2) is 21.9 Å². The normalized spacial score (nSPS) is 11.6. The van der Waals surface area contributed by atoms with Crippen molar-refractivity contribution in [2.24, 2.45) is 0 Å². The van der Waals surface area contributed by atoms with Gasteiger partial charge in [0, 0.05) is 11.8 Å². The summed E-state index contributed by atoms with van der Waals surface area (Å²) in [7, 11) is -4.84. The molecule has 2 N–H and O–H groups in total. The van der Waals surface area contributed by atoms with Crippen LogP contribution in [0.4, 0.5) is 0 Å². The molecule has 0 aliphatic heterocycles. The largest absolute Gasteiger partial charge is 0.370 e. The van der Waals surface area contributed by atoms with Gasteiger partial charge in [-0.15, -0.1) is 3.97 Å². The van der Waals surface area contributed by atoms with Crippen molar-refractivity contribution in [3.8, 4) is 0 Å². The zero-order valence-electron chi connectivity index (χ0n) is 7.93. The molecule has 0 aliphatic carbocycles. The molecule has 0 saturated heterocycles. The number of nitrogens with zero attached hydrogens (tertiary/aromatic N) is 1. The highest BCUT2D eigenvalue weighted by Crippen LogP contribution is 1.93. The smallest absolute Gasteiger partial charge is 0.313 e. The van der Waals surface area contributed by atoms with E-state index in [4.69, 9.17) is 4.55 Å². The number of hydrogen-bond acceptors (Lipinski definition) is 4. The van der Waals surface area contributed by atoms with Gasteiger partial charge in [0.25, 0.3) is 5.56 Å². The Labute approximate surface area is 85.3 Å². The summed E-state index contributed by atoms with van der Waals surface area (Å²) in [4.78, 5) is 24.5. The highest BCUT2D eigenvalue weighted by Gasteiger charge is 2.16. The average Bonchev–Trinajstić information content (AvgIpc) is 2.08. The Balaban J connectivity index is 3.59. The Kier molecular flexibility index (Phi) is 3.10. The highest BCUT2D eigenvalue weighted by atomic mass is 32.2. The minimum Gasteiger partial charge on any atom is -0.313 e. The second-order valence-electron chi connectivity index (χ2n) is 2.92. The molecule has 8 heteroatoms. The average molecular weight is 234 g/mol. The molecule has 1 aromatic rings.